The Labute approximate surface area is 75.7 Å². The zero-order chi connectivity index (χ0) is 9.68. The summed E-state index contributed by atoms with van der Waals surface area (Å²) in [5.41, 5.74) is 0.994. The summed E-state index contributed by atoms with van der Waals surface area (Å²) in [4.78, 5) is 10.6. The van der Waals surface area contributed by atoms with Crippen LogP contribution in [0.15, 0.2) is 18.2 Å². The Bertz CT molecular complexity index is 355. The van der Waals surface area contributed by atoms with Crippen molar-refractivity contribution < 1.29 is 9.53 Å². The molecule has 0 amide bonds. The number of aldehydes is 1. The predicted molar refractivity (Wildman–Crippen MR) is 47.6 cm³/mol. The van der Waals surface area contributed by atoms with Gasteiger partial charge in [-0.2, -0.15) is 5.26 Å². The number of carbonyl (C=O) groups is 1. The maximum absolute atomic E-state index is 10.6. The number of nitriles is 1. The highest BCUT2D eigenvalue weighted by Crippen LogP contribution is 2.20. The average molecular weight is 176 g/mol. The van der Waals surface area contributed by atoms with Crippen LogP contribution in [0.25, 0.3) is 0 Å². The summed E-state index contributed by atoms with van der Waals surface area (Å²) in [5, 5.41) is 10.8. The van der Waals surface area contributed by atoms with Crippen LogP contribution in [0.2, 0.25) is 0 Å². The van der Waals surface area contributed by atoms with E-state index in [1.807, 2.05) is 0 Å². The number of nitrogens with zero attached hydrogens (tertiary/aromatic N) is 1. The van der Waals surface area contributed by atoms with Crippen LogP contribution in [-0.4, -0.2) is 13.4 Å². The minimum Gasteiger partial charge on any atom is -0.496 e. The van der Waals surface area contributed by atoms with E-state index in [-0.39, 0.29) is 0 Å². The molecule has 13 heavy (non-hydrogen) atoms. The van der Waals surface area contributed by atoms with E-state index < -0.39 is 0 Å². The number of rotatable bonds is 3. The van der Waals surface area contributed by atoms with E-state index in [0.29, 0.717) is 23.3 Å². The van der Waals surface area contributed by atoms with Gasteiger partial charge in [-0.15, -0.1) is 0 Å². The predicted octanol–water partition coefficient (Wildman–Crippen LogP) is 1.40. The number of nitrogens with one attached hydrogen (secondary N) is 1. The fourth-order valence-electron chi connectivity index (χ4n) is 0.969. The molecule has 0 atom stereocenters. The third kappa shape index (κ3) is 1.97. The van der Waals surface area contributed by atoms with Crippen molar-refractivity contribution in [1.82, 2.24) is 0 Å². The third-order valence-electron chi connectivity index (χ3n) is 1.56. The maximum atomic E-state index is 10.6. The summed E-state index contributed by atoms with van der Waals surface area (Å²) in [5.74, 6) is 0.499. The molecule has 1 rings (SSSR count). The molecular formula is C9H8N2O2. The van der Waals surface area contributed by atoms with Gasteiger partial charge in [0.1, 0.15) is 5.75 Å². The summed E-state index contributed by atoms with van der Waals surface area (Å²) in [6.45, 7) is 0. The van der Waals surface area contributed by atoms with Gasteiger partial charge in [0, 0.05) is 5.69 Å². The Morgan fingerprint density at radius 1 is 1.62 bits per heavy atom. The van der Waals surface area contributed by atoms with E-state index in [2.05, 4.69) is 5.32 Å². The molecule has 1 aromatic carbocycles. The standard InChI is InChI=1S/C9H8N2O2/c1-13-9-3-2-8(11-6-10)4-7(9)5-12/h2-5,11H,1H3. The fraction of sp³-hybridized carbons (Fsp3) is 0.111. The first kappa shape index (κ1) is 9.07. The highest BCUT2D eigenvalue weighted by molar-refractivity contribution is 5.81. The van der Waals surface area contributed by atoms with Gasteiger partial charge in [-0.3, -0.25) is 10.1 Å². The Morgan fingerprint density at radius 3 is 2.92 bits per heavy atom. The van der Waals surface area contributed by atoms with Gasteiger partial charge >= 0.3 is 0 Å². The molecule has 0 radical (unpaired) electrons. The van der Waals surface area contributed by atoms with Crippen molar-refractivity contribution in [3.05, 3.63) is 23.8 Å². The summed E-state index contributed by atoms with van der Waals surface area (Å²) in [6.07, 6.45) is 2.45. The molecule has 1 aromatic rings. The van der Waals surface area contributed by atoms with Gasteiger partial charge in [0.05, 0.1) is 12.7 Å². The van der Waals surface area contributed by atoms with Crippen LogP contribution in [0, 0.1) is 11.5 Å². The summed E-state index contributed by atoms with van der Waals surface area (Å²) >= 11 is 0. The van der Waals surface area contributed by atoms with Crippen LogP contribution in [0.5, 0.6) is 5.75 Å². The second-order valence-electron chi connectivity index (χ2n) is 2.31. The molecule has 66 valence electrons. The van der Waals surface area contributed by atoms with Gasteiger partial charge in [-0.05, 0) is 18.2 Å². The van der Waals surface area contributed by atoms with Gasteiger partial charge in [0.25, 0.3) is 0 Å². The van der Waals surface area contributed by atoms with Crippen molar-refractivity contribution in [3.8, 4) is 11.9 Å². The Balaban J connectivity index is 3.07. The number of hydrogen-bond acceptors (Lipinski definition) is 4. The number of methoxy groups -OCH3 is 1. The lowest BCUT2D eigenvalue weighted by molar-refractivity contribution is 0.112. The Hall–Kier alpha value is -2.02. The maximum Gasteiger partial charge on any atom is 0.181 e. The lowest BCUT2D eigenvalue weighted by Gasteiger charge is -2.04. The molecule has 0 bridgehead atoms. The van der Waals surface area contributed by atoms with Crippen LogP contribution >= 0.6 is 0 Å². The molecule has 4 heteroatoms. The molecule has 4 nitrogen and oxygen atoms in total. The van der Waals surface area contributed by atoms with Gasteiger partial charge < -0.3 is 4.74 Å². The summed E-state index contributed by atoms with van der Waals surface area (Å²) < 4.78 is 4.93. The van der Waals surface area contributed by atoms with Gasteiger partial charge in [-0.25, -0.2) is 0 Å². The summed E-state index contributed by atoms with van der Waals surface area (Å²) in [7, 11) is 1.49. The van der Waals surface area contributed by atoms with E-state index in [0.717, 1.165) is 0 Å². The van der Waals surface area contributed by atoms with Gasteiger partial charge in [0.2, 0.25) is 0 Å². The smallest absolute Gasteiger partial charge is 0.181 e. The molecule has 0 heterocycles. The molecule has 0 aromatic heterocycles. The van der Waals surface area contributed by atoms with Crippen LogP contribution in [0.3, 0.4) is 0 Å². The zero-order valence-corrected chi connectivity index (χ0v) is 7.07. The molecule has 0 aliphatic carbocycles. The first-order valence-electron chi connectivity index (χ1n) is 3.60. The number of carbonyl (C=O) groups excluding carboxylic acids is 1. The molecule has 0 saturated carbocycles. The molecule has 1 N–H and O–H groups in total. The molecule has 0 aliphatic rings. The highest BCUT2D eigenvalue weighted by Gasteiger charge is 2.02. The molecule has 0 unspecified atom stereocenters. The van der Waals surface area contributed by atoms with Crippen LogP contribution in [-0.2, 0) is 0 Å². The van der Waals surface area contributed by atoms with Crippen molar-refractivity contribution in [1.29, 1.82) is 5.26 Å². The van der Waals surface area contributed by atoms with E-state index in [4.69, 9.17) is 10.00 Å². The minimum absolute atomic E-state index is 0.419. The topological polar surface area (TPSA) is 62.1 Å². The first-order chi connectivity index (χ1) is 6.31. The minimum atomic E-state index is 0.419. The molecule has 0 aliphatic heterocycles. The lowest BCUT2D eigenvalue weighted by atomic mass is 10.2. The normalized spacial score (nSPS) is 8.62. The van der Waals surface area contributed by atoms with Crippen LogP contribution in [0.4, 0.5) is 5.69 Å². The largest absolute Gasteiger partial charge is 0.496 e. The number of ether oxygens (including phenoxy) is 1. The second kappa shape index (κ2) is 4.12. The quantitative estimate of drug-likeness (QED) is 0.429. The van der Waals surface area contributed by atoms with E-state index in [1.54, 1.807) is 24.4 Å². The number of hydrogen-bond donors (Lipinski definition) is 1. The van der Waals surface area contributed by atoms with Crippen molar-refractivity contribution in [2.24, 2.45) is 0 Å². The SMILES string of the molecule is COc1ccc(NC#N)cc1C=O. The van der Waals surface area contributed by atoms with Gasteiger partial charge in [-0.1, -0.05) is 0 Å². The van der Waals surface area contributed by atoms with Crippen LogP contribution in [0.1, 0.15) is 10.4 Å². The molecule has 0 spiro atoms. The van der Waals surface area contributed by atoms with E-state index in [9.17, 15) is 4.79 Å². The fourth-order valence-corrected chi connectivity index (χ4v) is 0.969. The Kier molecular flexibility index (Phi) is 2.87. The molecular weight excluding hydrogens is 168 g/mol. The van der Waals surface area contributed by atoms with Crippen molar-refractivity contribution >= 4 is 12.0 Å². The third-order valence-corrected chi connectivity index (χ3v) is 1.56. The monoisotopic (exact) mass is 176 g/mol. The number of benzene rings is 1. The highest BCUT2D eigenvalue weighted by atomic mass is 16.5. The summed E-state index contributed by atoms with van der Waals surface area (Å²) in [6, 6.07) is 4.84. The van der Waals surface area contributed by atoms with Gasteiger partial charge in [0.15, 0.2) is 12.5 Å². The van der Waals surface area contributed by atoms with Crippen molar-refractivity contribution in [2.45, 2.75) is 0 Å². The molecule has 0 fully saturated rings. The van der Waals surface area contributed by atoms with Crippen molar-refractivity contribution in [2.75, 3.05) is 12.4 Å². The number of anilines is 1. The van der Waals surface area contributed by atoms with Crippen molar-refractivity contribution in [3.63, 3.8) is 0 Å². The Morgan fingerprint density at radius 2 is 2.38 bits per heavy atom. The lowest BCUT2D eigenvalue weighted by Crippen LogP contribution is -1.93. The average Bonchev–Trinajstić information content (AvgIpc) is 2.18. The zero-order valence-electron chi connectivity index (χ0n) is 7.07. The van der Waals surface area contributed by atoms with Crippen LogP contribution < -0.4 is 10.1 Å². The van der Waals surface area contributed by atoms with E-state index >= 15 is 0 Å². The first-order valence-corrected chi connectivity index (χ1v) is 3.60. The molecule has 0 saturated heterocycles. The van der Waals surface area contributed by atoms with E-state index in [1.165, 1.54) is 7.11 Å². The second-order valence-corrected chi connectivity index (χ2v) is 2.31.